The number of hydrogen-bond donors (Lipinski definition) is 2. The highest BCUT2D eigenvalue weighted by Crippen LogP contribution is 2.19. The van der Waals surface area contributed by atoms with Crippen LogP contribution in [0.4, 0.5) is 0 Å². The molecule has 0 radical (unpaired) electrons. The molecule has 0 saturated heterocycles. The van der Waals surface area contributed by atoms with Gasteiger partial charge in [-0.05, 0) is 30.2 Å². The van der Waals surface area contributed by atoms with E-state index in [1.54, 1.807) is 0 Å². The van der Waals surface area contributed by atoms with Gasteiger partial charge in [0.05, 0.1) is 6.42 Å². The van der Waals surface area contributed by atoms with Gasteiger partial charge in [0.25, 0.3) is 0 Å². The molecule has 0 aliphatic heterocycles. The molecule has 2 rings (SSSR count). The Labute approximate surface area is 133 Å². The van der Waals surface area contributed by atoms with Gasteiger partial charge in [-0.15, -0.1) is 0 Å². The number of nitrogens with one attached hydrogen (secondary N) is 1. The van der Waals surface area contributed by atoms with Gasteiger partial charge in [0.15, 0.2) is 0 Å². The van der Waals surface area contributed by atoms with Crippen molar-refractivity contribution in [3.05, 3.63) is 69.7 Å². The van der Waals surface area contributed by atoms with Crippen molar-refractivity contribution in [1.82, 2.24) is 5.32 Å². The lowest BCUT2D eigenvalue weighted by atomic mass is 10.0. The standard InChI is InChI=1S/C17H18BrNO2/c1-12-5-7-14(8-6-12)16(10-17(20)21)19-11-13-3-2-4-15(18)9-13/h2-9,16,19H,10-11H2,1H3,(H,20,21). The summed E-state index contributed by atoms with van der Waals surface area (Å²) in [5.41, 5.74) is 3.28. The van der Waals surface area contributed by atoms with Gasteiger partial charge in [-0.25, -0.2) is 0 Å². The van der Waals surface area contributed by atoms with Crippen LogP contribution in [0.5, 0.6) is 0 Å². The monoisotopic (exact) mass is 347 g/mol. The number of hydrogen-bond acceptors (Lipinski definition) is 2. The SMILES string of the molecule is Cc1ccc(C(CC(=O)O)NCc2cccc(Br)c2)cc1. The average molecular weight is 348 g/mol. The molecular weight excluding hydrogens is 330 g/mol. The van der Waals surface area contributed by atoms with Crippen molar-refractivity contribution in [2.45, 2.75) is 25.9 Å². The van der Waals surface area contributed by atoms with E-state index in [4.69, 9.17) is 5.11 Å². The molecule has 1 atom stereocenters. The van der Waals surface area contributed by atoms with Crippen LogP contribution in [0.15, 0.2) is 53.0 Å². The Balaban J connectivity index is 2.09. The maximum atomic E-state index is 11.1. The molecule has 4 heteroatoms. The molecule has 3 nitrogen and oxygen atoms in total. The molecule has 1 unspecified atom stereocenters. The van der Waals surface area contributed by atoms with Gasteiger partial charge in [0.1, 0.15) is 0 Å². The maximum absolute atomic E-state index is 11.1. The number of carboxylic acids is 1. The number of carbonyl (C=O) groups is 1. The third kappa shape index (κ3) is 4.99. The Morgan fingerprint density at radius 3 is 2.57 bits per heavy atom. The normalized spacial score (nSPS) is 12.1. The molecule has 2 aromatic carbocycles. The predicted octanol–water partition coefficient (Wildman–Crippen LogP) is 4.06. The van der Waals surface area contributed by atoms with Crippen LogP contribution in [0.3, 0.4) is 0 Å². The number of rotatable bonds is 6. The van der Waals surface area contributed by atoms with E-state index in [0.29, 0.717) is 6.54 Å². The first-order valence-electron chi connectivity index (χ1n) is 6.81. The van der Waals surface area contributed by atoms with Gasteiger partial charge in [-0.3, -0.25) is 4.79 Å². The highest BCUT2D eigenvalue weighted by molar-refractivity contribution is 9.10. The molecule has 0 heterocycles. The third-order valence-corrected chi connectivity index (χ3v) is 3.79. The number of benzene rings is 2. The molecule has 0 saturated carbocycles. The zero-order chi connectivity index (χ0) is 15.2. The molecule has 0 aromatic heterocycles. The zero-order valence-corrected chi connectivity index (χ0v) is 13.4. The molecule has 110 valence electrons. The Hall–Kier alpha value is -1.65. The van der Waals surface area contributed by atoms with Crippen LogP contribution >= 0.6 is 15.9 Å². The summed E-state index contributed by atoms with van der Waals surface area (Å²) in [6, 6.07) is 15.8. The fraction of sp³-hybridized carbons (Fsp3) is 0.235. The highest BCUT2D eigenvalue weighted by Gasteiger charge is 2.14. The van der Waals surface area contributed by atoms with E-state index in [1.807, 2.05) is 55.5 Å². The van der Waals surface area contributed by atoms with Crippen LogP contribution in [-0.4, -0.2) is 11.1 Å². The highest BCUT2D eigenvalue weighted by atomic mass is 79.9. The minimum Gasteiger partial charge on any atom is -0.481 e. The lowest BCUT2D eigenvalue weighted by molar-refractivity contribution is -0.137. The van der Waals surface area contributed by atoms with E-state index in [9.17, 15) is 4.79 Å². The molecule has 0 bridgehead atoms. The fourth-order valence-corrected chi connectivity index (χ4v) is 2.62. The zero-order valence-electron chi connectivity index (χ0n) is 11.8. The van der Waals surface area contributed by atoms with Gasteiger partial charge in [0.2, 0.25) is 0 Å². The van der Waals surface area contributed by atoms with Gasteiger partial charge < -0.3 is 10.4 Å². The molecule has 0 spiro atoms. The van der Waals surface area contributed by atoms with Crippen LogP contribution < -0.4 is 5.32 Å². The first-order chi connectivity index (χ1) is 10.0. The summed E-state index contributed by atoms with van der Waals surface area (Å²) in [7, 11) is 0. The molecule has 0 aliphatic carbocycles. The second kappa shape index (κ2) is 7.38. The topological polar surface area (TPSA) is 49.3 Å². The lowest BCUT2D eigenvalue weighted by Crippen LogP contribution is -2.23. The minimum atomic E-state index is -0.803. The summed E-state index contributed by atoms with van der Waals surface area (Å²) in [6.45, 7) is 2.65. The van der Waals surface area contributed by atoms with E-state index >= 15 is 0 Å². The minimum absolute atomic E-state index is 0.0665. The summed E-state index contributed by atoms with van der Waals surface area (Å²) in [4.78, 5) is 11.1. The fourth-order valence-electron chi connectivity index (χ4n) is 2.17. The molecule has 0 amide bonds. The van der Waals surface area contributed by atoms with Crippen molar-refractivity contribution in [3.63, 3.8) is 0 Å². The largest absolute Gasteiger partial charge is 0.481 e. The quantitative estimate of drug-likeness (QED) is 0.828. The van der Waals surface area contributed by atoms with Crippen molar-refractivity contribution < 1.29 is 9.90 Å². The Bertz CT molecular complexity index is 610. The summed E-state index contributed by atoms with van der Waals surface area (Å²) in [5.74, 6) is -0.803. The molecule has 0 fully saturated rings. The predicted molar refractivity (Wildman–Crippen MR) is 87.2 cm³/mol. The molecule has 21 heavy (non-hydrogen) atoms. The van der Waals surface area contributed by atoms with Gasteiger partial charge >= 0.3 is 5.97 Å². The van der Waals surface area contributed by atoms with E-state index < -0.39 is 5.97 Å². The summed E-state index contributed by atoms with van der Waals surface area (Å²) in [5, 5.41) is 12.4. The average Bonchev–Trinajstić information content (AvgIpc) is 2.44. The van der Waals surface area contributed by atoms with E-state index in [1.165, 1.54) is 5.56 Å². The first-order valence-corrected chi connectivity index (χ1v) is 7.60. The van der Waals surface area contributed by atoms with Crippen molar-refractivity contribution in [2.75, 3.05) is 0 Å². The summed E-state index contributed by atoms with van der Waals surface area (Å²) in [6.07, 6.45) is 0.0665. The maximum Gasteiger partial charge on any atom is 0.305 e. The Kier molecular flexibility index (Phi) is 5.53. The molecule has 2 aromatic rings. The van der Waals surface area contributed by atoms with Crippen LogP contribution in [0.1, 0.15) is 29.2 Å². The number of aliphatic carboxylic acids is 1. The number of aryl methyl sites for hydroxylation is 1. The number of carboxylic acid groups (broad SMARTS) is 1. The van der Waals surface area contributed by atoms with Crippen LogP contribution in [0.2, 0.25) is 0 Å². The first kappa shape index (κ1) is 15.7. The Morgan fingerprint density at radius 2 is 1.95 bits per heavy atom. The molecule has 0 aliphatic rings. The third-order valence-electron chi connectivity index (χ3n) is 3.30. The van der Waals surface area contributed by atoms with Crippen LogP contribution in [0, 0.1) is 6.92 Å². The van der Waals surface area contributed by atoms with Gasteiger partial charge in [0, 0.05) is 17.1 Å². The lowest BCUT2D eigenvalue weighted by Gasteiger charge is -2.18. The van der Waals surface area contributed by atoms with Crippen molar-refractivity contribution in [1.29, 1.82) is 0 Å². The molecule has 2 N–H and O–H groups in total. The number of halogens is 1. The van der Waals surface area contributed by atoms with Crippen molar-refractivity contribution >= 4 is 21.9 Å². The second-order valence-corrected chi connectivity index (χ2v) is 5.99. The van der Waals surface area contributed by atoms with Crippen molar-refractivity contribution in [3.8, 4) is 0 Å². The second-order valence-electron chi connectivity index (χ2n) is 5.07. The smallest absolute Gasteiger partial charge is 0.305 e. The summed E-state index contributed by atoms with van der Waals surface area (Å²) < 4.78 is 1.02. The van der Waals surface area contributed by atoms with Crippen LogP contribution in [-0.2, 0) is 11.3 Å². The van der Waals surface area contributed by atoms with Gasteiger partial charge in [-0.2, -0.15) is 0 Å². The van der Waals surface area contributed by atoms with E-state index in [0.717, 1.165) is 15.6 Å². The van der Waals surface area contributed by atoms with Crippen LogP contribution in [0.25, 0.3) is 0 Å². The van der Waals surface area contributed by atoms with Crippen molar-refractivity contribution in [2.24, 2.45) is 0 Å². The molecular formula is C17H18BrNO2. The van der Waals surface area contributed by atoms with E-state index in [2.05, 4.69) is 21.2 Å². The summed E-state index contributed by atoms with van der Waals surface area (Å²) >= 11 is 3.44. The van der Waals surface area contributed by atoms with E-state index in [-0.39, 0.29) is 12.5 Å². The van der Waals surface area contributed by atoms with Gasteiger partial charge in [-0.1, -0.05) is 57.9 Å². The Morgan fingerprint density at radius 1 is 1.24 bits per heavy atom.